The minimum atomic E-state index is -3.82. The Bertz CT molecular complexity index is 1140. The van der Waals surface area contributed by atoms with Gasteiger partial charge in [0.05, 0.1) is 6.61 Å². The minimum Gasteiger partial charge on any atom is -0.492 e. The second kappa shape index (κ2) is 10.2. The van der Waals surface area contributed by atoms with Crippen molar-refractivity contribution in [3.63, 3.8) is 0 Å². The van der Waals surface area contributed by atoms with Gasteiger partial charge in [-0.3, -0.25) is 9.69 Å². The number of fused-ring (bicyclic) bond motifs is 1. The Kier molecular flexibility index (Phi) is 7.30. The molecule has 2 heterocycles. The van der Waals surface area contributed by atoms with E-state index < -0.39 is 10.0 Å². The van der Waals surface area contributed by atoms with Crippen LogP contribution in [0.3, 0.4) is 0 Å². The zero-order valence-electron chi connectivity index (χ0n) is 19.7. The highest BCUT2D eigenvalue weighted by Gasteiger charge is 2.26. The Morgan fingerprint density at radius 3 is 2.50 bits per heavy atom. The third kappa shape index (κ3) is 5.45. The number of nitrogens with one attached hydrogen (secondary N) is 1. The van der Waals surface area contributed by atoms with Crippen molar-refractivity contribution >= 4 is 15.9 Å². The number of nitrogens with zero attached hydrogens (tertiary/aromatic N) is 2. The maximum atomic E-state index is 13.2. The second-order valence-electron chi connectivity index (χ2n) is 8.63. The van der Waals surface area contributed by atoms with Crippen molar-refractivity contribution < 1.29 is 27.4 Å². The molecule has 2 aliphatic rings. The van der Waals surface area contributed by atoms with E-state index in [2.05, 4.69) is 9.62 Å². The fourth-order valence-corrected chi connectivity index (χ4v) is 5.51. The monoisotopic (exact) mass is 489 g/mol. The Morgan fingerprint density at radius 1 is 1.06 bits per heavy atom. The predicted octanol–water partition coefficient (Wildman–Crippen LogP) is 2.46. The van der Waals surface area contributed by atoms with E-state index in [9.17, 15) is 13.2 Å². The van der Waals surface area contributed by atoms with Crippen LogP contribution in [0.2, 0.25) is 0 Å². The SMILES string of the molecule is CCOc1ccc(C(=O)N2CCN(Cc3ccc4c(c3)OCO4)CC2)cc1S(=O)(=O)NC(C)C. The molecule has 10 heteroatoms. The van der Waals surface area contributed by atoms with Crippen molar-refractivity contribution in [2.24, 2.45) is 0 Å². The largest absolute Gasteiger partial charge is 0.492 e. The van der Waals surface area contributed by atoms with Crippen molar-refractivity contribution in [1.29, 1.82) is 0 Å². The molecular weight excluding hydrogens is 458 g/mol. The number of piperazine rings is 1. The molecule has 1 saturated heterocycles. The van der Waals surface area contributed by atoms with E-state index >= 15 is 0 Å². The van der Waals surface area contributed by atoms with E-state index in [-0.39, 0.29) is 29.4 Å². The fourth-order valence-electron chi connectivity index (χ4n) is 4.09. The van der Waals surface area contributed by atoms with Crippen molar-refractivity contribution in [1.82, 2.24) is 14.5 Å². The molecule has 1 fully saturated rings. The van der Waals surface area contributed by atoms with Gasteiger partial charge in [-0.05, 0) is 56.7 Å². The van der Waals surface area contributed by atoms with Crippen LogP contribution in [0.4, 0.5) is 0 Å². The highest BCUT2D eigenvalue weighted by molar-refractivity contribution is 7.89. The first-order chi connectivity index (χ1) is 16.3. The maximum absolute atomic E-state index is 13.2. The van der Waals surface area contributed by atoms with E-state index in [0.717, 1.165) is 36.7 Å². The molecule has 2 aromatic rings. The third-order valence-corrected chi connectivity index (χ3v) is 7.35. The van der Waals surface area contributed by atoms with Crippen LogP contribution in [0.15, 0.2) is 41.3 Å². The zero-order valence-corrected chi connectivity index (χ0v) is 20.6. The van der Waals surface area contributed by atoms with Gasteiger partial charge in [-0.15, -0.1) is 0 Å². The molecule has 0 aliphatic carbocycles. The summed E-state index contributed by atoms with van der Waals surface area (Å²) in [5, 5.41) is 0. The van der Waals surface area contributed by atoms with E-state index in [4.69, 9.17) is 14.2 Å². The number of hydrogen-bond acceptors (Lipinski definition) is 7. The molecule has 0 spiro atoms. The number of amides is 1. The molecule has 0 radical (unpaired) electrons. The normalized spacial score (nSPS) is 16.2. The zero-order chi connectivity index (χ0) is 24.3. The quantitative estimate of drug-likeness (QED) is 0.608. The molecule has 2 aromatic carbocycles. The molecular formula is C24H31N3O6S. The standard InChI is InChI=1S/C24H31N3O6S/c1-4-31-21-8-6-19(14-23(21)34(29,30)25-17(2)3)24(28)27-11-9-26(10-12-27)15-18-5-7-20-22(13-18)33-16-32-20/h5-8,13-14,17,25H,4,9-12,15-16H2,1-3H3. The van der Waals surface area contributed by atoms with Gasteiger partial charge in [-0.25, -0.2) is 13.1 Å². The molecule has 0 saturated carbocycles. The van der Waals surface area contributed by atoms with Gasteiger partial charge in [0.25, 0.3) is 5.91 Å². The van der Waals surface area contributed by atoms with Crippen molar-refractivity contribution in [3.05, 3.63) is 47.5 Å². The van der Waals surface area contributed by atoms with Crippen molar-refractivity contribution in [3.8, 4) is 17.2 Å². The molecule has 9 nitrogen and oxygen atoms in total. The van der Waals surface area contributed by atoms with Crippen LogP contribution in [0.25, 0.3) is 0 Å². The molecule has 184 valence electrons. The van der Waals surface area contributed by atoms with Gasteiger partial charge in [-0.2, -0.15) is 0 Å². The van der Waals surface area contributed by atoms with Crippen LogP contribution >= 0.6 is 0 Å². The summed E-state index contributed by atoms with van der Waals surface area (Å²) in [5.74, 6) is 1.58. The first kappa shape index (κ1) is 24.3. The molecule has 34 heavy (non-hydrogen) atoms. The number of carbonyl (C=O) groups excluding carboxylic acids is 1. The third-order valence-electron chi connectivity index (χ3n) is 5.67. The fraction of sp³-hybridized carbons (Fsp3) is 0.458. The lowest BCUT2D eigenvalue weighted by atomic mass is 10.1. The highest BCUT2D eigenvalue weighted by Crippen LogP contribution is 2.33. The number of rotatable bonds is 8. The van der Waals surface area contributed by atoms with Crippen molar-refractivity contribution in [2.75, 3.05) is 39.6 Å². The molecule has 0 bridgehead atoms. The number of sulfonamides is 1. The van der Waals surface area contributed by atoms with Gasteiger partial charge in [-0.1, -0.05) is 6.07 Å². The number of ether oxygens (including phenoxy) is 3. The lowest BCUT2D eigenvalue weighted by Crippen LogP contribution is -2.48. The number of hydrogen-bond donors (Lipinski definition) is 1. The summed E-state index contributed by atoms with van der Waals surface area (Å²) in [7, 11) is -3.82. The molecule has 1 N–H and O–H groups in total. The van der Waals surface area contributed by atoms with E-state index in [1.54, 1.807) is 37.8 Å². The molecule has 0 unspecified atom stereocenters. The van der Waals surface area contributed by atoms with E-state index in [1.807, 2.05) is 18.2 Å². The average Bonchev–Trinajstić information content (AvgIpc) is 3.27. The summed E-state index contributed by atoms with van der Waals surface area (Å²) in [4.78, 5) is 17.2. The summed E-state index contributed by atoms with van der Waals surface area (Å²) >= 11 is 0. The van der Waals surface area contributed by atoms with Gasteiger partial charge in [0.15, 0.2) is 11.5 Å². The molecule has 1 amide bonds. The Morgan fingerprint density at radius 2 is 1.79 bits per heavy atom. The van der Waals surface area contributed by atoms with Gasteiger partial charge in [0, 0.05) is 44.3 Å². The van der Waals surface area contributed by atoms with Gasteiger partial charge in [0.2, 0.25) is 16.8 Å². The predicted molar refractivity (Wildman–Crippen MR) is 127 cm³/mol. The lowest BCUT2D eigenvalue weighted by molar-refractivity contribution is 0.0628. The van der Waals surface area contributed by atoms with E-state index in [0.29, 0.717) is 25.3 Å². The number of benzene rings is 2. The highest BCUT2D eigenvalue weighted by atomic mass is 32.2. The summed E-state index contributed by atoms with van der Waals surface area (Å²) in [5.41, 5.74) is 1.46. The van der Waals surface area contributed by atoms with E-state index in [1.165, 1.54) is 6.07 Å². The Labute approximate surface area is 200 Å². The lowest BCUT2D eigenvalue weighted by Gasteiger charge is -2.35. The summed E-state index contributed by atoms with van der Waals surface area (Å²) in [6.07, 6.45) is 0. The summed E-state index contributed by atoms with van der Waals surface area (Å²) in [6.45, 7) is 9.16. The molecule has 0 atom stereocenters. The first-order valence-electron chi connectivity index (χ1n) is 11.5. The van der Waals surface area contributed by atoms with Gasteiger partial charge in [0.1, 0.15) is 10.6 Å². The maximum Gasteiger partial charge on any atom is 0.253 e. The Balaban J connectivity index is 1.42. The summed E-state index contributed by atoms with van der Waals surface area (Å²) < 4.78 is 44.6. The van der Waals surface area contributed by atoms with Gasteiger partial charge < -0.3 is 19.1 Å². The van der Waals surface area contributed by atoms with Crippen LogP contribution in [0.1, 0.15) is 36.7 Å². The van der Waals surface area contributed by atoms with Crippen LogP contribution in [0.5, 0.6) is 17.2 Å². The minimum absolute atomic E-state index is 0.0182. The van der Waals surface area contributed by atoms with Crippen LogP contribution in [-0.4, -0.2) is 69.7 Å². The average molecular weight is 490 g/mol. The van der Waals surface area contributed by atoms with Crippen molar-refractivity contribution in [2.45, 2.75) is 38.3 Å². The van der Waals surface area contributed by atoms with Crippen LogP contribution < -0.4 is 18.9 Å². The van der Waals surface area contributed by atoms with Gasteiger partial charge >= 0.3 is 0 Å². The molecule has 2 aliphatic heterocycles. The second-order valence-corrected chi connectivity index (χ2v) is 10.3. The molecule has 4 rings (SSSR count). The Hall–Kier alpha value is -2.82. The molecule has 0 aromatic heterocycles. The first-order valence-corrected chi connectivity index (χ1v) is 12.9. The van der Waals surface area contributed by atoms with Crippen LogP contribution in [-0.2, 0) is 16.6 Å². The number of carbonyl (C=O) groups is 1. The van der Waals surface area contributed by atoms with Crippen LogP contribution in [0, 0.1) is 0 Å². The smallest absolute Gasteiger partial charge is 0.253 e. The summed E-state index contributed by atoms with van der Waals surface area (Å²) in [6, 6.07) is 10.3. The topological polar surface area (TPSA) is 97.4 Å².